The molecule has 0 radical (unpaired) electrons. The Hall–Kier alpha value is -1.81. The van der Waals surface area contributed by atoms with Crippen molar-refractivity contribution in [1.82, 2.24) is 9.88 Å². The number of benzene rings is 1. The standard InChI is InChI=1S/C14H18N2O2/c1-11-3-4-13-12(9-11)5-7-16(13)10-14(17)15-6-8-18-2/h3-5,7,9H,6,8,10H2,1-2H3,(H,15,17). The minimum absolute atomic E-state index is 0.00475. The van der Waals surface area contributed by atoms with Gasteiger partial charge >= 0.3 is 0 Å². The largest absolute Gasteiger partial charge is 0.383 e. The Kier molecular flexibility index (Phi) is 3.99. The fraction of sp³-hybridized carbons (Fsp3) is 0.357. The van der Waals surface area contributed by atoms with Crippen LogP contribution in [-0.2, 0) is 16.1 Å². The highest BCUT2D eigenvalue weighted by atomic mass is 16.5. The van der Waals surface area contributed by atoms with E-state index >= 15 is 0 Å². The van der Waals surface area contributed by atoms with Gasteiger partial charge in [-0.3, -0.25) is 4.79 Å². The zero-order valence-corrected chi connectivity index (χ0v) is 10.8. The van der Waals surface area contributed by atoms with Gasteiger partial charge in [0.25, 0.3) is 0 Å². The van der Waals surface area contributed by atoms with Crippen LogP contribution in [0.15, 0.2) is 30.5 Å². The summed E-state index contributed by atoms with van der Waals surface area (Å²) in [5.74, 6) is 0.00475. The topological polar surface area (TPSA) is 43.3 Å². The summed E-state index contributed by atoms with van der Waals surface area (Å²) in [6, 6.07) is 8.26. The third-order valence-electron chi connectivity index (χ3n) is 2.87. The van der Waals surface area contributed by atoms with Gasteiger partial charge in [0.1, 0.15) is 6.54 Å². The predicted octanol–water partition coefficient (Wildman–Crippen LogP) is 1.71. The first-order valence-corrected chi connectivity index (χ1v) is 6.02. The summed E-state index contributed by atoms with van der Waals surface area (Å²) in [5.41, 5.74) is 2.31. The molecule has 0 atom stereocenters. The molecule has 0 aliphatic carbocycles. The van der Waals surface area contributed by atoms with Gasteiger partial charge in [0.2, 0.25) is 5.91 Å². The first-order valence-electron chi connectivity index (χ1n) is 6.02. The van der Waals surface area contributed by atoms with Crippen molar-refractivity contribution < 1.29 is 9.53 Å². The lowest BCUT2D eigenvalue weighted by Gasteiger charge is -2.07. The fourth-order valence-electron chi connectivity index (χ4n) is 1.96. The van der Waals surface area contributed by atoms with Gasteiger partial charge in [-0.05, 0) is 30.5 Å². The molecule has 2 aromatic rings. The Balaban J connectivity index is 2.05. The summed E-state index contributed by atoms with van der Waals surface area (Å²) < 4.78 is 6.84. The lowest BCUT2D eigenvalue weighted by Crippen LogP contribution is -2.30. The van der Waals surface area contributed by atoms with E-state index < -0.39 is 0 Å². The molecule has 0 spiro atoms. The number of ether oxygens (including phenoxy) is 1. The Bertz CT molecular complexity index is 546. The number of nitrogens with zero attached hydrogens (tertiary/aromatic N) is 1. The van der Waals surface area contributed by atoms with Crippen LogP contribution in [0, 0.1) is 6.92 Å². The molecule has 4 heteroatoms. The van der Waals surface area contributed by atoms with Crippen molar-refractivity contribution >= 4 is 16.8 Å². The highest BCUT2D eigenvalue weighted by Gasteiger charge is 2.05. The maximum Gasteiger partial charge on any atom is 0.240 e. The van der Waals surface area contributed by atoms with Crippen molar-refractivity contribution in [2.75, 3.05) is 20.3 Å². The van der Waals surface area contributed by atoms with Crippen molar-refractivity contribution in [3.8, 4) is 0 Å². The molecule has 0 fully saturated rings. The molecule has 0 bridgehead atoms. The molecule has 1 amide bonds. The SMILES string of the molecule is COCCNC(=O)Cn1ccc2cc(C)ccc21. The molecule has 1 aromatic carbocycles. The van der Waals surface area contributed by atoms with Crippen molar-refractivity contribution in [2.24, 2.45) is 0 Å². The minimum Gasteiger partial charge on any atom is -0.383 e. The quantitative estimate of drug-likeness (QED) is 0.816. The van der Waals surface area contributed by atoms with Crippen LogP contribution in [0.4, 0.5) is 0 Å². The second-order valence-electron chi connectivity index (χ2n) is 4.35. The summed E-state index contributed by atoms with van der Waals surface area (Å²) >= 11 is 0. The number of nitrogens with one attached hydrogen (secondary N) is 1. The zero-order chi connectivity index (χ0) is 13.0. The van der Waals surface area contributed by atoms with E-state index in [2.05, 4.69) is 24.4 Å². The molecular weight excluding hydrogens is 228 g/mol. The van der Waals surface area contributed by atoms with Crippen LogP contribution in [-0.4, -0.2) is 30.7 Å². The highest BCUT2D eigenvalue weighted by molar-refractivity contribution is 5.83. The van der Waals surface area contributed by atoms with Gasteiger partial charge in [0.05, 0.1) is 6.61 Å². The van der Waals surface area contributed by atoms with E-state index in [0.29, 0.717) is 19.7 Å². The van der Waals surface area contributed by atoms with Gasteiger partial charge in [-0.25, -0.2) is 0 Å². The van der Waals surface area contributed by atoms with Crippen LogP contribution in [0.3, 0.4) is 0 Å². The first kappa shape index (κ1) is 12.6. The predicted molar refractivity (Wildman–Crippen MR) is 71.6 cm³/mol. The van der Waals surface area contributed by atoms with Crippen molar-refractivity contribution in [2.45, 2.75) is 13.5 Å². The van der Waals surface area contributed by atoms with E-state index in [-0.39, 0.29) is 5.91 Å². The van der Waals surface area contributed by atoms with Gasteiger partial charge in [0, 0.05) is 25.4 Å². The van der Waals surface area contributed by atoms with E-state index in [0.717, 1.165) is 5.52 Å². The molecule has 4 nitrogen and oxygen atoms in total. The lowest BCUT2D eigenvalue weighted by atomic mass is 10.2. The van der Waals surface area contributed by atoms with Gasteiger partial charge in [-0.1, -0.05) is 11.6 Å². The molecule has 0 saturated heterocycles. The first-order chi connectivity index (χ1) is 8.70. The molecule has 0 aliphatic rings. The van der Waals surface area contributed by atoms with E-state index in [4.69, 9.17) is 4.74 Å². The van der Waals surface area contributed by atoms with E-state index in [1.165, 1.54) is 10.9 Å². The number of aromatic nitrogens is 1. The Morgan fingerprint density at radius 1 is 1.39 bits per heavy atom. The Labute approximate surface area is 107 Å². The number of amides is 1. The molecule has 2 rings (SSSR count). The number of methoxy groups -OCH3 is 1. The molecule has 96 valence electrons. The van der Waals surface area contributed by atoms with Crippen LogP contribution in [0.25, 0.3) is 10.9 Å². The van der Waals surface area contributed by atoms with Crippen molar-refractivity contribution in [1.29, 1.82) is 0 Å². The van der Waals surface area contributed by atoms with Crippen LogP contribution < -0.4 is 5.32 Å². The summed E-state index contributed by atoms with van der Waals surface area (Å²) in [6.07, 6.45) is 1.94. The van der Waals surface area contributed by atoms with E-state index in [1.807, 2.05) is 22.9 Å². The average Bonchev–Trinajstić information content (AvgIpc) is 2.72. The fourth-order valence-corrected chi connectivity index (χ4v) is 1.96. The van der Waals surface area contributed by atoms with Crippen molar-refractivity contribution in [3.63, 3.8) is 0 Å². The smallest absolute Gasteiger partial charge is 0.240 e. The van der Waals surface area contributed by atoms with Gasteiger partial charge in [0.15, 0.2) is 0 Å². The number of fused-ring (bicyclic) bond motifs is 1. The monoisotopic (exact) mass is 246 g/mol. The van der Waals surface area contributed by atoms with Gasteiger partial charge in [-0.2, -0.15) is 0 Å². The minimum atomic E-state index is 0.00475. The second kappa shape index (κ2) is 5.69. The second-order valence-corrected chi connectivity index (χ2v) is 4.35. The van der Waals surface area contributed by atoms with Crippen LogP contribution in [0.2, 0.25) is 0 Å². The molecule has 0 saturated carbocycles. The third-order valence-corrected chi connectivity index (χ3v) is 2.87. The molecule has 0 unspecified atom stereocenters. The normalized spacial score (nSPS) is 10.8. The molecule has 1 N–H and O–H groups in total. The Morgan fingerprint density at radius 2 is 2.22 bits per heavy atom. The number of hydrogen-bond acceptors (Lipinski definition) is 2. The van der Waals surface area contributed by atoms with Crippen molar-refractivity contribution in [3.05, 3.63) is 36.0 Å². The maximum absolute atomic E-state index is 11.7. The molecule has 0 aliphatic heterocycles. The summed E-state index contributed by atoms with van der Waals surface area (Å²) in [4.78, 5) is 11.7. The number of aryl methyl sites for hydroxylation is 1. The molecule has 1 heterocycles. The average molecular weight is 246 g/mol. The van der Waals surface area contributed by atoms with Crippen LogP contribution in [0.1, 0.15) is 5.56 Å². The van der Waals surface area contributed by atoms with Gasteiger partial charge in [-0.15, -0.1) is 0 Å². The lowest BCUT2D eigenvalue weighted by molar-refractivity contribution is -0.121. The van der Waals surface area contributed by atoms with Crippen LogP contribution >= 0.6 is 0 Å². The molecular formula is C14H18N2O2. The maximum atomic E-state index is 11.7. The summed E-state index contributed by atoms with van der Waals surface area (Å²) in [6.45, 7) is 3.50. The number of hydrogen-bond donors (Lipinski definition) is 1. The molecule has 18 heavy (non-hydrogen) atoms. The zero-order valence-electron chi connectivity index (χ0n) is 10.8. The number of carbonyl (C=O) groups excluding carboxylic acids is 1. The van der Waals surface area contributed by atoms with E-state index in [1.54, 1.807) is 7.11 Å². The summed E-state index contributed by atoms with van der Waals surface area (Å²) in [5, 5.41) is 3.98. The number of carbonyl (C=O) groups is 1. The highest BCUT2D eigenvalue weighted by Crippen LogP contribution is 2.17. The number of rotatable bonds is 5. The van der Waals surface area contributed by atoms with Crippen LogP contribution in [0.5, 0.6) is 0 Å². The third kappa shape index (κ3) is 2.90. The summed E-state index contributed by atoms with van der Waals surface area (Å²) in [7, 11) is 1.62. The van der Waals surface area contributed by atoms with Gasteiger partial charge < -0.3 is 14.6 Å². The van der Waals surface area contributed by atoms with E-state index in [9.17, 15) is 4.79 Å². The molecule has 1 aromatic heterocycles. The Morgan fingerprint density at radius 3 is 3.00 bits per heavy atom.